The van der Waals surface area contributed by atoms with Crippen LogP contribution in [-0.2, 0) is 0 Å². The SMILES string of the molecule is CNCCC#CSI. The van der Waals surface area contributed by atoms with E-state index in [-0.39, 0.29) is 0 Å². The van der Waals surface area contributed by atoms with Crippen LogP contribution in [0, 0.1) is 11.2 Å². The van der Waals surface area contributed by atoms with Gasteiger partial charge in [0.1, 0.15) is 0 Å². The van der Waals surface area contributed by atoms with Gasteiger partial charge in [0.15, 0.2) is 0 Å². The molecule has 1 N–H and O–H groups in total. The van der Waals surface area contributed by atoms with Crippen molar-refractivity contribution < 1.29 is 0 Å². The molecule has 0 saturated heterocycles. The van der Waals surface area contributed by atoms with Crippen LogP contribution in [-0.4, -0.2) is 13.6 Å². The van der Waals surface area contributed by atoms with Crippen molar-refractivity contribution in [2.75, 3.05) is 13.6 Å². The molecule has 0 unspecified atom stereocenters. The van der Waals surface area contributed by atoms with E-state index in [9.17, 15) is 0 Å². The Kier molecular flexibility index (Phi) is 8.17. The first kappa shape index (κ1) is 8.60. The fourth-order valence-electron chi connectivity index (χ4n) is 0.266. The molecule has 0 rings (SSSR count). The number of halogens is 1. The molecule has 0 aromatic heterocycles. The van der Waals surface area contributed by atoms with Gasteiger partial charge in [0.25, 0.3) is 0 Å². The lowest BCUT2D eigenvalue weighted by molar-refractivity contribution is 0.819. The minimum Gasteiger partial charge on any atom is -0.319 e. The summed E-state index contributed by atoms with van der Waals surface area (Å²) in [5.41, 5.74) is 0. The van der Waals surface area contributed by atoms with E-state index in [1.54, 1.807) is 0 Å². The zero-order valence-corrected chi connectivity index (χ0v) is 7.67. The van der Waals surface area contributed by atoms with Crippen molar-refractivity contribution in [1.29, 1.82) is 0 Å². The number of rotatable bonds is 2. The van der Waals surface area contributed by atoms with E-state index in [4.69, 9.17) is 0 Å². The maximum Gasteiger partial charge on any atom is 0.0223 e. The molecular weight excluding hydrogens is 233 g/mol. The molecule has 0 aliphatic rings. The topological polar surface area (TPSA) is 12.0 Å². The van der Waals surface area contributed by atoms with Gasteiger partial charge in [-0.25, -0.2) is 0 Å². The molecule has 0 atom stereocenters. The third-order valence-electron chi connectivity index (χ3n) is 0.611. The summed E-state index contributed by atoms with van der Waals surface area (Å²) >= 11 is 2.16. The average Bonchev–Trinajstić information content (AvgIpc) is 1.81. The van der Waals surface area contributed by atoms with Gasteiger partial charge in [0.2, 0.25) is 0 Å². The van der Waals surface area contributed by atoms with Crippen molar-refractivity contribution >= 4 is 30.1 Å². The molecule has 0 fully saturated rings. The minimum atomic E-state index is 0.951. The van der Waals surface area contributed by atoms with Crippen molar-refractivity contribution in [2.45, 2.75) is 6.42 Å². The lowest BCUT2D eigenvalue weighted by Gasteiger charge is -1.85. The predicted molar refractivity (Wildman–Crippen MR) is 47.9 cm³/mol. The number of hydrogen-bond donors (Lipinski definition) is 1. The predicted octanol–water partition coefficient (Wildman–Crippen LogP) is 1.64. The second kappa shape index (κ2) is 7.60. The first-order valence-corrected chi connectivity index (χ1v) is 5.67. The Morgan fingerprint density at radius 2 is 2.50 bits per heavy atom. The smallest absolute Gasteiger partial charge is 0.0223 e. The van der Waals surface area contributed by atoms with Crippen molar-refractivity contribution in [3.05, 3.63) is 0 Å². The zero-order valence-electron chi connectivity index (χ0n) is 4.70. The normalized spacial score (nSPS) is 7.75. The van der Waals surface area contributed by atoms with Gasteiger partial charge in [0, 0.05) is 34.2 Å². The summed E-state index contributed by atoms with van der Waals surface area (Å²) in [5, 5.41) is 5.91. The maximum absolute atomic E-state index is 3.01. The molecule has 0 spiro atoms. The maximum atomic E-state index is 3.01. The molecule has 1 nitrogen and oxygen atoms in total. The van der Waals surface area contributed by atoms with Crippen LogP contribution in [0.5, 0.6) is 0 Å². The van der Waals surface area contributed by atoms with Crippen LogP contribution in [0.2, 0.25) is 0 Å². The molecule has 3 heteroatoms. The minimum absolute atomic E-state index is 0.951. The van der Waals surface area contributed by atoms with Crippen LogP contribution in [0.4, 0.5) is 0 Å². The van der Waals surface area contributed by atoms with Crippen molar-refractivity contribution in [3.8, 4) is 11.2 Å². The summed E-state index contributed by atoms with van der Waals surface area (Å²) in [6.07, 6.45) is 0.951. The number of nitrogens with one attached hydrogen (secondary N) is 1. The van der Waals surface area contributed by atoms with Gasteiger partial charge in [-0.3, -0.25) is 0 Å². The van der Waals surface area contributed by atoms with Gasteiger partial charge in [-0.15, -0.1) is 0 Å². The zero-order chi connectivity index (χ0) is 6.24. The quantitative estimate of drug-likeness (QED) is 0.448. The Morgan fingerprint density at radius 1 is 1.75 bits per heavy atom. The van der Waals surface area contributed by atoms with Gasteiger partial charge >= 0.3 is 0 Å². The molecule has 0 amide bonds. The van der Waals surface area contributed by atoms with E-state index < -0.39 is 0 Å². The lowest BCUT2D eigenvalue weighted by Crippen LogP contribution is -2.05. The van der Waals surface area contributed by atoms with E-state index in [2.05, 4.69) is 37.7 Å². The van der Waals surface area contributed by atoms with E-state index in [0.29, 0.717) is 0 Å². The largest absolute Gasteiger partial charge is 0.319 e. The molecule has 0 radical (unpaired) electrons. The van der Waals surface area contributed by atoms with Crippen LogP contribution in [0.3, 0.4) is 0 Å². The molecule has 0 saturated carbocycles. The summed E-state index contributed by atoms with van der Waals surface area (Å²) in [5.74, 6) is 2.98. The fraction of sp³-hybridized carbons (Fsp3) is 0.600. The van der Waals surface area contributed by atoms with Crippen molar-refractivity contribution in [3.63, 3.8) is 0 Å². The molecule has 0 aromatic rings. The summed E-state index contributed by atoms with van der Waals surface area (Å²) in [6, 6.07) is 0. The first-order chi connectivity index (χ1) is 3.91. The first-order valence-electron chi connectivity index (χ1n) is 2.32. The van der Waals surface area contributed by atoms with Gasteiger partial charge in [-0.1, -0.05) is 5.92 Å². The average molecular weight is 241 g/mol. The summed E-state index contributed by atoms with van der Waals surface area (Å²) in [6.45, 7) is 0.990. The second-order valence-electron chi connectivity index (χ2n) is 1.21. The van der Waals surface area contributed by atoms with Gasteiger partial charge < -0.3 is 5.32 Å². The van der Waals surface area contributed by atoms with Crippen molar-refractivity contribution in [2.24, 2.45) is 0 Å². The summed E-state index contributed by atoms with van der Waals surface area (Å²) in [4.78, 5) is 0. The molecule has 0 aromatic carbocycles. The van der Waals surface area contributed by atoms with E-state index in [1.165, 1.54) is 8.93 Å². The molecule has 0 bridgehead atoms. The highest BCUT2D eigenvalue weighted by molar-refractivity contribution is 14.2. The van der Waals surface area contributed by atoms with Gasteiger partial charge in [-0.05, 0) is 21.2 Å². The van der Waals surface area contributed by atoms with Crippen LogP contribution in [0.1, 0.15) is 6.42 Å². The highest BCUT2D eigenvalue weighted by Gasteiger charge is 1.72. The third kappa shape index (κ3) is 6.60. The van der Waals surface area contributed by atoms with E-state index in [1.807, 2.05) is 7.05 Å². The van der Waals surface area contributed by atoms with Gasteiger partial charge in [0.05, 0.1) is 0 Å². The highest BCUT2D eigenvalue weighted by atomic mass is 127. The Morgan fingerprint density at radius 3 is 3.00 bits per heavy atom. The summed E-state index contributed by atoms with van der Waals surface area (Å²) < 4.78 is 0. The summed E-state index contributed by atoms with van der Waals surface area (Å²) in [7, 11) is 3.46. The molecule has 46 valence electrons. The lowest BCUT2D eigenvalue weighted by atomic mass is 10.4. The van der Waals surface area contributed by atoms with Crippen LogP contribution < -0.4 is 5.32 Å². The molecular formula is C5H8INS. The van der Waals surface area contributed by atoms with E-state index in [0.717, 1.165) is 13.0 Å². The van der Waals surface area contributed by atoms with Crippen LogP contribution >= 0.6 is 30.1 Å². The molecule has 8 heavy (non-hydrogen) atoms. The Hall–Kier alpha value is 0.600. The molecule has 0 heterocycles. The Bertz CT molecular complexity index is 94.3. The standard InChI is InChI=1S/C5H8INS/c1-7-4-2-3-5-8-6/h7H,2,4H2,1H3. The monoisotopic (exact) mass is 241 g/mol. The second-order valence-corrected chi connectivity index (χ2v) is 2.89. The fourth-order valence-corrected chi connectivity index (χ4v) is 0.890. The Balaban J connectivity index is 2.90. The Labute approximate surface area is 66.6 Å². The number of hydrogen-bond acceptors (Lipinski definition) is 2. The molecule has 0 aliphatic carbocycles. The highest BCUT2D eigenvalue weighted by Crippen LogP contribution is 2.06. The third-order valence-corrected chi connectivity index (χ3v) is 1.49. The van der Waals surface area contributed by atoms with Crippen LogP contribution in [0.25, 0.3) is 0 Å². The van der Waals surface area contributed by atoms with E-state index >= 15 is 0 Å². The van der Waals surface area contributed by atoms with Crippen molar-refractivity contribution in [1.82, 2.24) is 5.32 Å². The van der Waals surface area contributed by atoms with Crippen LogP contribution in [0.15, 0.2) is 0 Å². The van der Waals surface area contributed by atoms with Gasteiger partial charge in [-0.2, -0.15) is 0 Å². The molecule has 0 aliphatic heterocycles.